The van der Waals surface area contributed by atoms with Gasteiger partial charge in [0.25, 0.3) is 0 Å². The highest BCUT2D eigenvalue weighted by atomic mass is 79.9. The number of imidazole rings is 1. The number of hydrogen-bond acceptors (Lipinski definition) is 5. The number of pyridine rings is 1. The van der Waals surface area contributed by atoms with Gasteiger partial charge in [0.1, 0.15) is 16.9 Å². The van der Waals surface area contributed by atoms with Gasteiger partial charge in [0.2, 0.25) is 5.88 Å². The zero-order chi connectivity index (χ0) is 15.5. The molecule has 0 saturated heterocycles. The van der Waals surface area contributed by atoms with E-state index in [-0.39, 0.29) is 0 Å². The van der Waals surface area contributed by atoms with Crippen molar-refractivity contribution in [1.82, 2.24) is 14.4 Å². The molecule has 5 nitrogen and oxygen atoms in total. The molecular weight excluding hydrogens is 366 g/mol. The van der Waals surface area contributed by atoms with Crippen molar-refractivity contribution in [3.63, 3.8) is 0 Å². The number of aromatic nitrogens is 3. The molecular formula is C15H16BrN3O2S. The summed E-state index contributed by atoms with van der Waals surface area (Å²) in [4.78, 5) is 9.95. The van der Waals surface area contributed by atoms with E-state index >= 15 is 0 Å². The fourth-order valence-electron chi connectivity index (χ4n) is 2.28. The van der Waals surface area contributed by atoms with Gasteiger partial charge < -0.3 is 9.47 Å². The lowest BCUT2D eigenvalue weighted by atomic mass is 10.1. The van der Waals surface area contributed by atoms with Crippen LogP contribution in [0.2, 0.25) is 0 Å². The molecule has 0 aromatic carbocycles. The smallest absolute Gasteiger partial charge is 0.220 e. The number of nitrogens with zero attached hydrogens (tertiary/aromatic N) is 3. The van der Waals surface area contributed by atoms with Crippen LogP contribution in [0, 0.1) is 0 Å². The average molecular weight is 382 g/mol. The first kappa shape index (κ1) is 15.3. The number of rotatable bonds is 6. The van der Waals surface area contributed by atoms with Crippen molar-refractivity contribution < 1.29 is 9.47 Å². The molecule has 0 radical (unpaired) electrons. The molecule has 0 saturated carbocycles. The van der Waals surface area contributed by atoms with Crippen molar-refractivity contribution in [2.75, 3.05) is 13.2 Å². The summed E-state index contributed by atoms with van der Waals surface area (Å²) in [5.41, 5.74) is 1.93. The molecule has 0 N–H and O–H groups in total. The van der Waals surface area contributed by atoms with E-state index in [4.69, 9.17) is 9.47 Å². The first-order chi connectivity index (χ1) is 10.7. The van der Waals surface area contributed by atoms with Crippen LogP contribution in [-0.4, -0.2) is 27.6 Å². The van der Waals surface area contributed by atoms with Gasteiger partial charge in [-0.2, -0.15) is 0 Å². The second kappa shape index (κ2) is 6.66. The maximum Gasteiger partial charge on any atom is 0.220 e. The lowest BCUT2D eigenvalue weighted by molar-refractivity contribution is 0.308. The van der Waals surface area contributed by atoms with Crippen molar-refractivity contribution in [1.29, 1.82) is 0 Å². The Bertz CT molecular complexity index is 760. The monoisotopic (exact) mass is 381 g/mol. The Hall–Kier alpha value is -1.60. The highest BCUT2D eigenvalue weighted by Gasteiger charge is 2.17. The van der Waals surface area contributed by atoms with Crippen molar-refractivity contribution >= 4 is 32.1 Å². The number of hydrogen-bond donors (Lipinski definition) is 0. The predicted molar refractivity (Wildman–Crippen MR) is 90.2 cm³/mol. The van der Waals surface area contributed by atoms with Crippen LogP contribution in [0.25, 0.3) is 4.83 Å². The SMILES string of the molecule is CCOc1ccnc(OCC)c1Cc1ncn2cc(Br)sc12. The highest BCUT2D eigenvalue weighted by molar-refractivity contribution is 9.11. The molecule has 3 aromatic heterocycles. The Morgan fingerprint density at radius 2 is 2.05 bits per heavy atom. The number of fused-ring (bicyclic) bond motifs is 1. The summed E-state index contributed by atoms with van der Waals surface area (Å²) in [6.45, 7) is 5.09. The molecule has 0 bridgehead atoms. The predicted octanol–water partition coefficient (Wildman–Crippen LogP) is 3.94. The van der Waals surface area contributed by atoms with Crippen LogP contribution >= 0.6 is 27.3 Å². The van der Waals surface area contributed by atoms with E-state index in [0.29, 0.717) is 25.5 Å². The van der Waals surface area contributed by atoms with Crippen LogP contribution < -0.4 is 9.47 Å². The van der Waals surface area contributed by atoms with Crippen LogP contribution in [-0.2, 0) is 6.42 Å². The maximum absolute atomic E-state index is 5.73. The summed E-state index contributed by atoms with van der Waals surface area (Å²) in [5, 5.41) is 0. The topological polar surface area (TPSA) is 48.7 Å². The first-order valence-corrected chi connectivity index (χ1v) is 8.68. The molecule has 0 aliphatic carbocycles. The van der Waals surface area contributed by atoms with Gasteiger partial charge in [-0.05, 0) is 35.8 Å². The average Bonchev–Trinajstić information content (AvgIpc) is 3.03. The van der Waals surface area contributed by atoms with Crippen LogP contribution in [0.4, 0.5) is 0 Å². The van der Waals surface area contributed by atoms with Crippen molar-refractivity contribution in [3.8, 4) is 11.6 Å². The molecule has 22 heavy (non-hydrogen) atoms. The van der Waals surface area contributed by atoms with Crippen molar-refractivity contribution in [2.24, 2.45) is 0 Å². The highest BCUT2D eigenvalue weighted by Crippen LogP contribution is 2.32. The summed E-state index contributed by atoms with van der Waals surface area (Å²) in [6, 6.07) is 1.87. The normalized spacial score (nSPS) is 11.0. The summed E-state index contributed by atoms with van der Waals surface area (Å²) in [6.07, 6.45) is 6.17. The van der Waals surface area contributed by atoms with E-state index in [1.165, 1.54) is 0 Å². The van der Waals surface area contributed by atoms with Gasteiger partial charge >= 0.3 is 0 Å². The molecule has 3 aromatic rings. The quantitative estimate of drug-likeness (QED) is 0.648. The molecule has 0 amide bonds. The van der Waals surface area contributed by atoms with Crippen LogP contribution in [0.15, 0.2) is 28.6 Å². The minimum Gasteiger partial charge on any atom is -0.493 e. The van der Waals surface area contributed by atoms with Crippen LogP contribution in [0.5, 0.6) is 11.6 Å². The Kier molecular flexibility index (Phi) is 4.63. The van der Waals surface area contributed by atoms with Gasteiger partial charge in [-0.15, -0.1) is 11.3 Å². The zero-order valence-electron chi connectivity index (χ0n) is 12.4. The molecule has 0 unspecified atom stereocenters. The Morgan fingerprint density at radius 3 is 2.82 bits per heavy atom. The first-order valence-electron chi connectivity index (χ1n) is 7.07. The van der Waals surface area contributed by atoms with Gasteiger partial charge in [0.15, 0.2) is 0 Å². The van der Waals surface area contributed by atoms with Gasteiger partial charge in [-0.3, -0.25) is 4.40 Å². The van der Waals surface area contributed by atoms with Gasteiger partial charge in [0, 0.05) is 18.8 Å². The third-order valence-corrected chi connectivity index (χ3v) is 4.78. The van der Waals surface area contributed by atoms with E-state index in [9.17, 15) is 0 Å². The minimum absolute atomic E-state index is 0.568. The van der Waals surface area contributed by atoms with Crippen molar-refractivity contribution in [3.05, 3.63) is 39.8 Å². The lowest BCUT2D eigenvalue weighted by Gasteiger charge is -2.13. The molecule has 7 heteroatoms. The zero-order valence-corrected chi connectivity index (χ0v) is 14.8. The molecule has 0 fully saturated rings. The Labute approximate surface area is 141 Å². The molecule has 0 atom stereocenters. The van der Waals surface area contributed by atoms with E-state index in [0.717, 1.165) is 25.6 Å². The second-order valence-corrected chi connectivity index (χ2v) is 6.98. The molecule has 0 aliphatic heterocycles. The summed E-state index contributed by atoms with van der Waals surface area (Å²) in [5.74, 6) is 1.42. The van der Waals surface area contributed by atoms with Gasteiger partial charge in [-0.1, -0.05) is 0 Å². The second-order valence-electron chi connectivity index (χ2n) is 4.57. The summed E-state index contributed by atoms with van der Waals surface area (Å²) < 4.78 is 14.5. The molecule has 116 valence electrons. The maximum atomic E-state index is 5.73. The van der Waals surface area contributed by atoms with E-state index in [2.05, 4.69) is 25.9 Å². The minimum atomic E-state index is 0.568. The van der Waals surface area contributed by atoms with Crippen molar-refractivity contribution in [2.45, 2.75) is 20.3 Å². The molecule has 0 spiro atoms. The number of thiazole rings is 1. The van der Waals surface area contributed by atoms with Crippen LogP contribution in [0.3, 0.4) is 0 Å². The Balaban J connectivity index is 2.02. The summed E-state index contributed by atoms with van der Waals surface area (Å²) >= 11 is 5.17. The standard InChI is InChI=1S/C15H16BrN3O2S/c1-3-20-12-5-6-17-14(21-4-2)10(12)7-11-15-19(9-18-11)8-13(16)22-15/h5-6,8-9H,3-4,7H2,1-2H3. The van der Waals surface area contributed by atoms with E-state index < -0.39 is 0 Å². The number of halogens is 1. The van der Waals surface area contributed by atoms with Gasteiger partial charge in [0.05, 0.1) is 28.3 Å². The third-order valence-electron chi connectivity index (χ3n) is 3.15. The molecule has 3 rings (SSSR count). The Morgan fingerprint density at radius 1 is 1.23 bits per heavy atom. The third kappa shape index (κ3) is 2.96. The lowest BCUT2D eigenvalue weighted by Crippen LogP contribution is -2.04. The number of ether oxygens (including phenoxy) is 2. The van der Waals surface area contributed by atoms with Gasteiger partial charge in [-0.25, -0.2) is 9.97 Å². The fourth-order valence-corrected chi connectivity index (χ4v) is 3.76. The molecule has 3 heterocycles. The molecule has 0 aliphatic rings. The van der Waals surface area contributed by atoms with E-state index in [1.807, 2.05) is 36.8 Å². The fraction of sp³-hybridized carbons (Fsp3) is 0.333. The van der Waals surface area contributed by atoms with Crippen LogP contribution in [0.1, 0.15) is 25.1 Å². The van der Waals surface area contributed by atoms with E-state index in [1.54, 1.807) is 17.5 Å². The summed E-state index contributed by atoms with van der Waals surface area (Å²) in [7, 11) is 0. The largest absolute Gasteiger partial charge is 0.493 e.